The van der Waals surface area contributed by atoms with Crippen molar-refractivity contribution in [3.8, 4) is 0 Å². The Labute approximate surface area is 191 Å². The molecule has 1 unspecified atom stereocenters. The predicted molar refractivity (Wildman–Crippen MR) is 113 cm³/mol. The zero-order valence-corrected chi connectivity index (χ0v) is 20.5. The summed E-state index contributed by atoms with van der Waals surface area (Å²) < 4.78 is 28.7. The number of aliphatic hydroxyl groups excluding tert-OH is 1. The van der Waals surface area contributed by atoms with Crippen LogP contribution in [0.1, 0.15) is 48.0 Å². The third-order valence-electron chi connectivity index (χ3n) is 5.89. The van der Waals surface area contributed by atoms with E-state index in [-0.39, 0.29) is 13.2 Å². The van der Waals surface area contributed by atoms with Crippen LogP contribution in [0.4, 0.5) is 0 Å². The molecule has 1 aliphatic rings. The molecule has 0 aromatic carbocycles. The molecule has 6 atom stereocenters. The molecule has 190 valence electrons. The van der Waals surface area contributed by atoms with Crippen molar-refractivity contribution in [3.05, 3.63) is 0 Å². The van der Waals surface area contributed by atoms with Crippen LogP contribution in [0.5, 0.6) is 0 Å². The van der Waals surface area contributed by atoms with E-state index < -0.39 is 78.4 Å². The molecule has 1 aliphatic heterocycles. The minimum atomic E-state index is -3.78. The first-order valence-electron chi connectivity index (χ1n) is 10.4. The summed E-state index contributed by atoms with van der Waals surface area (Å²) in [5, 5.41) is 44.4. The number of carbonyl (C=O) groups is 4. The Morgan fingerprint density at radius 3 is 1.70 bits per heavy atom. The van der Waals surface area contributed by atoms with Crippen molar-refractivity contribution in [1.82, 2.24) is 0 Å². The van der Waals surface area contributed by atoms with Gasteiger partial charge in [-0.3, -0.25) is 23.7 Å². The van der Waals surface area contributed by atoms with Crippen molar-refractivity contribution < 1.29 is 58.0 Å². The Hall–Kier alpha value is -1.37. The van der Waals surface area contributed by atoms with E-state index in [1.807, 2.05) is 0 Å². The van der Waals surface area contributed by atoms with Gasteiger partial charge in [-0.25, -0.2) is 0 Å². The number of hydrogen-bond acceptors (Lipinski definition) is 12. The Bertz CT molecular complexity index is 833. The number of aliphatic hydroxyl groups is 4. The lowest BCUT2D eigenvalue weighted by Crippen LogP contribution is -2.87. The van der Waals surface area contributed by atoms with Gasteiger partial charge >= 0.3 is 7.60 Å². The first-order chi connectivity index (χ1) is 15.0. The third kappa shape index (κ3) is 4.76. The molecule has 0 radical (unpaired) electrons. The van der Waals surface area contributed by atoms with E-state index >= 15 is 0 Å². The number of rotatable bonds is 12. The van der Waals surface area contributed by atoms with Crippen LogP contribution in [0.25, 0.3) is 0 Å². The minimum Gasteiger partial charge on any atom is -0.382 e. The molecule has 1 fully saturated rings. The van der Waals surface area contributed by atoms with Crippen molar-refractivity contribution in [2.45, 2.75) is 83.1 Å². The SMILES string of the molecule is CCOP(=O)(CC[C@@H]1O[C@H](C(O)C(C)=O)[C@@](O)(C(C)=O)[C@@](O)(C(C)=O)[C@]1(O)C(C)=O)OCC. The van der Waals surface area contributed by atoms with E-state index in [9.17, 15) is 44.2 Å². The van der Waals surface area contributed by atoms with Crippen LogP contribution in [-0.2, 0) is 37.5 Å². The molecule has 0 amide bonds. The Balaban J connectivity index is 3.78. The fourth-order valence-corrected chi connectivity index (χ4v) is 5.87. The lowest BCUT2D eigenvalue weighted by molar-refractivity contribution is -0.327. The average molecular weight is 496 g/mol. The van der Waals surface area contributed by atoms with Crippen LogP contribution in [0, 0.1) is 0 Å². The highest BCUT2D eigenvalue weighted by molar-refractivity contribution is 7.53. The fraction of sp³-hybridized carbons (Fsp3) is 0.800. The van der Waals surface area contributed by atoms with Crippen LogP contribution in [0.15, 0.2) is 0 Å². The second-order valence-corrected chi connectivity index (χ2v) is 10.2. The Kier molecular flexibility index (Phi) is 9.43. The van der Waals surface area contributed by atoms with Crippen LogP contribution >= 0.6 is 7.60 Å². The van der Waals surface area contributed by atoms with Gasteiger partial charge in [0.25, 0.3) is 0 Å². The monoisotopic (exact) mass is 496 g/mol. The van der Waals surface area contributed by atoms with Gasteiger partial charge in [0.2, 0.25) is 0 Å². The van der Waals surface area contributed by atoms with E-state index in [4.69, 9.17) is 13.8 Å². The molecule has 0 saturated carbocycles. The van der Waals surface area contributed by atoms with Gasteiger partial charge in [0.1, 0.15) is 12.2 Å². The molecule has 0 aliphatic carbocycles. The zero-order valence-electron chi connectivity index (χ0n) is 19.6. The lowest BCUT2D eigenvalue weighted by Gasteiger charge is -2.58. The normalized spacial score (nSPS) is 33.4. The van der Waals surface area contributed by atoms with E-state index in [1.54, 1.807) is 13.8 Å². The van der Waals surface area contributed by atoms with Gasteiger partial charge in [-0.15, -0.1) is 0 Å². The van der Waals surface area contributed by atoms with Crippen molar-refractivity contribution in [1.29, 1.82) is 0 Å². The molecule has 13 heteroatoms. The summed E-state index contributed by atoms with van der Waals surface area (Å²) in [6.07, 6.45) is -7.39. The molecule has 1 saturated heterocycles. The van der Waals surface area contributed by atoms with Crippen molar-refractivity contribution >= 4 is 30.7 Å². The van der Waals surface area contributed by atoms with Crippen molar-refractivity contribution in [2.75, 3.05) is 19.4 Å². The first kappa shape index (κ1) is 29.7. The topological polar surface area (TPSA) is 194 Å². The molecule has 0 spiro atoms. The maximum Gasteiger partial charge on any atom is 0.330 e. The highest BCUT2D eigenvalue weighted by atomic mass is 31.2. The molecule has 0 aromatic rings. The van der Waals surface area contributed by atoms with Crippen molar-refractivity contribution in [3.63, 3.8) is 0 Å². The summed E-state index contributed by atoms with van der Waals surface area (Å²) in [4.78, 5) is 49.7. The summed E-state index contributed by atoms with van der Waals surface area (Å²) in [7, 11) is -3.78. The Morgan fingerprint density at radius 2 is 1.36 bits per heavy atom. The van der Waals surface area contributed by atoms with Crippen LogP contribution in [0.2, 0.25) is 0 Å². The predicted octanol–water partition coefficient (Wildman–Crippen LogP) is -0.680. The molecule has 1 heterocycles. The Morgan fingerprint density at radius 1 is 0.909 bits per heavy atom. The third-order valence-corrected chi connectivity index (χ3v) is 8.00. The molecule has 0 bridgehead atoms. The van der Waals surface area contributed by atoms with Gasteiger partial charge in [-0.1, -0.05) is 0 Å². The molecular formula is C20H33O12P. The minimum absolute atomic E-state index is 0.00702. The number of ether oxygens (including phenoxy) is 1. The van der Waals surface area contributed by atoms with Gasteiger partial charge in [0, 0.05) is 0 Å². The summed E-state index contributed by atoms with van der Waals surface area (Å²) >= 11 is 0. The van der Waals surface area contributed by atoms with Gasteiger partial charge < -0.3 is 34.2 Å². The van der Waals surface area contributed by atoms with E-state index in [1.165, 1.54) is 0 Å². The van der Waals surface area contributed by atoms with E-state index in [2.05, 4.69) is 0 Å². The average Bonchev–Trinajstić information content (AvgIpc) is 2.70. The van der Waals surface area contributed by atoms with Gasteiger partial charge in [0.15, 0.2) is 39.9 Å². The summed E-state index contributed by atoms with van der Waals surface area (Å²) in [6, 6.07) is 0. The first-order valence-corrected chi connectivity index (χ1v) is 12.2. The van der Waals surface area contributed by atoms with E-state index in [0.717, 1.165) is 20.8 Å². The van der Waals surface area contributed by atoms with Crippen LogP contribution in [0.3, 0.4) is 0 Å². The maximum absolute atomic E-state index is 12.9. The second-order valence-electron chi connectivity index (χ2n) is 7.97. The second kappa shape index (κ2) is 10.5. The van der Waals surface area contributed by atoms with Crippen molar-refractivity contribution in [2.24, 2.45) is 0 Å². The molecule has 0 aromatic heterocycles. The largest absolute Gasteiger partial charge is 0.382 e. The van der Waals surface area contributed by atoms with Gasteiger partial charge in [0.05, 0.1) is 25.5 Å². The van der Waals surface area contributed by atoms with E-state index in [0.29, 0.717) is 6.92 Å². The summed E-state index contributed by atoms with van der Waals surface area (Å²) in [5.41, 5.74) is -10.1. The van der Waals surface area contributed by atoms with Crippen LogP contribution < -0.4 is 0 Å². The van der Waals surface area contributed by atoms with Crippen LogP contribution in [-0.4, -0.2) is 98.0 Å². The van der Waals surface area contributed by atoms with Gasteiger partial charge in [-0.05, 0) is 48.0 Å². The zero-order chi connectivity index (χ0) is 26.0. The molecular weight excluding hydrogens is 463 g/mol. The summed E-state index contributed by atoms with van der Waals surface area (Å²) in [6.45, 7) is 6.23. The highest BCUT2D eigenvalue weighted by Gasteiger charge is 2.78. The number of carbonyl (C=O) groups excluding carboxylic acids is 4. The standard InChI is InChI=1S/C20H33O12P/c1-7-30-33(29,31-8-2)10-9-15-18(26,12(4)22)20(28,14(6)24)19(27,13(5)23)17(32-15)16(25)11(3)21/h15-17,25-28H,7-10H2,1-6H3/t15-,16?,17+,18-,19-,20+/m0/s1. The smallest absolute Gasteiger partial charge is 0.330 e. The highest BCUT2D eigenvalue weighted by Crippen LogP contribution is 2.52. The lowest BCUT2D eigenvalue weighted by atomic mass is 9.58. The molecule has 1 rings (SSSR count). The maximum atomic E-state index is 12.9. The number of hydrogen-bond donors (Lipinski definition) is 4. The van der Waals surface area contributed by atoms with Gasteiger partial charge in [-0.2, -0.15) is 0 Å². The fourth-order valence-electron chi connectivity index (χ4n) is 4.20. The number of ketones is 4. The summed E-state index contributed by atoms with van der Waals surface area (Å²) in [5.74, 6) is -5.00. The number of Topliss-reactive ketones (excluding diaryl/α,β-unsaturated/α-hetero) is 4. The molecule has 12 nitrogen and oxygen atoms in total. The molecule has 4 N–H and O–H groups in total. The molecule has 33 heavy (non-hydrogen) atoms. The quantitative estimate of drug-likeness (QED) is 0.249.